The average Bonchev–Trinajstić information content (AvgIpc) is 4.13. The van der Waals surface area contributed by atoms with Crippen molar-refractivity contribution in [1.82, 2.24) is 29.7 Å². The number of hydrogen-bond donors (Lipinski definition) is 4. The van der Waals surface area contributed by atoms with E-state index in [1.807, 2.05) is 76.5 Å². The highest BCUT2D eigenvalue weighted by atomic mass is 16.5. The van der Waals surface area contributed by atoms with Crippen LogP contribution in [0.5, 0.6) is 23.0 Å². The van der Waals surface area contributed by atoms with E-state index in [4.69, 9.17) is 18.9 Å². The molecule has 8 rings (SSSR count). The SMILES string of the molecule is CNc1cc(C)nc(Nc2ccc(OC)c(OCC3CN(C)C3)c2)n1.CNc1cc(C)nc(Nc2ccc(OC)c(OCC3CN(CC4CC4)C3)c2)n1.O=CC1CC1. The van der Waals surface area contributed by atoms with Crippen molar-refractivity contribution in [3.05, 3.63) is 59.9 Å². The zero-order valence-corrected chi connectivity index (χ0v) is 35.0. The number of carbonyl (C=O) groups excluding carboxylic acids is 1. The van der Waals surface area contributed by atoms with E-state index in [0.29, 0.717) is 42.9 Å². The van der Waals surface area contributed by atoms with Crippen LogP contribution in [0.2, 0.25) is 0 Å². The molecule has 0 atom stereocenters. The minimum absolute atomic E-state index is 0.454. The molecule has 2 aromatic carbocycles. The third kappa shape index (κ3) is 12.8. The van der Waals surface area contributed by atoms with Gasteiger partial charge in [-0.15, -0.1) is 0 Å². The zero-order chi connectivity index (χ0) is 41.0. The molecule has 2 aliphatic heterocycles. The van der Waals surface area contributed by atoms with Crippen LogP contribution in [0.25, 0.3) is 0 Å². The van der Waals surface area contributed by atoms with Gasteiger partial charge in [-0.3, -0.25) is 0 Å². The van der Waals surface area contributed by atoms with E-state index < -0.39 is 0 Å². The minimum Gasteiger partial charge on any atom is -0.493 e. The quantitative estimate of drug-likeness (QED) is 0.0868. The summed E-state index contributed by atoms with van der Waals surface area (Å²) in [6, 6.07) is 15.3. The summed E-state index contributed by atoms with van der Waals surface area (Å²) in [5, 5.41) is 12.6. The molecule has 2 saturated heterocycles. The molecule has 4 fully saturated rings. The van der Waals surface area contributed by atoms with Crippen LogP contribution in [0.4, 0.5) is 34.9 Å². The van der Waals surface area contributed by atoms with E-state index >= 15 is 0 Å². The fourth-order valence-electron chi connectivity index (χ4n) is 6.68. The van der Waals surface area contributed by atoms with Gasteiger partial charge in [-0.1, -0.05) is 0 Å². The van der Waals surface area contributed by atoms with Crippen molar-refractivity contribution in [3.8, 4) is 23.0 Å². The average molecular weight is 797 g/mol. The lowest BCUT2D eigenvalue weighted by atomic mass is 10.0. The number of likely N-dealkylation sites (tertiary alicyclic amines) is 2. The number of methoxy groups -OCH3 is 2. The lowest BCUT2D eigenvalue weighted by molar-refractivity contribution is -0.108. The Morgan fingerprint density at radius 1 is 0.655 bits per heavy atom. The van der Waals surface area contributed by atoms with Crippen LogP contribution < -0.4 is 40.2 Å². The van der Waals surface area contributed by atoms with Crippen molar-refractivity contribution in [2.75, 3.05) is 103 Å². The summed E-state index contributed by atoms with van der Waals surface area (Å²) in [4.78, 5) is 32.1. The molecule has 58 heavy (non-hydrogen) atoms. The Kier molecular flexibility index (Phi) is 14.8. The van der Waals surface area contributed by atoms with Crippen molar-refractivity contribution in [2.45, 2.75) is 39.5 Å². The smallest absolute Gasteiger partial charge is 0.229 e. The van der Waals surface area contributed by atoms with Gasteiger partial charge in [0.2, 0.25) is 11.9 Å². The molecule has 0 unspecified atom stereocenters. The first-order valence-corrected chi connectivity index (χ1v) is 20.2. The topological polar surface area (TPSA) is 160 Å². The van der Waals surface area contributed by atoms with Gasteiger partial charge < -0.3 is 54.8 Å². The first-order valence-electron chi connectivity index (χ1n) is 20.2. The number of aromatic nitrogens is 4. The van der Waals surface area contributed by atoms with Crippen molar-refractivity contribution < 1.29 is 23.7 Å². The van der Waals surface area contributed by atoms with Crippen molar-refractivity contribution in [2.24, 2.45) is 23.7 Å². The normalized spacial score (nSPS) is 16.5. The predicted octanol–water partition coefficient (Wildman–Crippen LogP) is 6.41. The fourth-order valence-corrected chi connectivity index (χ4v) is 6.68. The lowest BCUT2D eigenvalue weighted by Gasteiger charge is -2.39. The number of ether oxygens (including phenoxy) is 4. The molecular weight excluding hydrogens is 737 g/mol. The van der Waals surface area contributed by atoms with Crippen LogP contribution in [0.1, 0.15) is 37.1 Å². The molecule has 4 N–H and O–H groups in total. The number of rotatable bonds is 17. The predicted molar refractivity (Wildman–Crippen MR) is 229 cm³/mol. The van der Waals surface area contributed by atoms with Crippen LogP contribution >= 0.6 is 0 Å². The number of anilines is 6. The van der Waals surface area contributed by atoms with Crippen LogP contribution in [-0.2, 0) is 4.79 Å². The summed E-state index contributed by atoms with van der Waals surface area (Å²) in [5.41, 5.74) is 3.51. The molecule has 15 nitrogen and oxygen atoms in total. The molecule has 0 radical (unpaired) electrons. The van der Waals surface area contributed by atoms with Crippen molar-refractivity contribution in [3.63, 3.8) is 0 Å². The maximum absolute atomic E-state index is 9.57. The molecule has 312 valence electrons. The summed E-state index contributed by atoms with van der Waals surface area (Å²) in [7, 11) is 9.11. The van der Waals surface area contributed by atoms with E-state index in [9.17, 15) is 4.79 Å². The molecule has 2 aliphatic carbocycles. The van der Waals surface area contributed by atoms with Crippen LogP contribution in [-0.4, -0.2) is 117 Å². The maximum atomic E-state index is 9.57. The molecule has 4 aliphatic rings. The Labute approximate surface area is 342 Å². The highest BCUT2D eigenvalue weighted by Crippen LogP contribution is 2.35. The number of benzene rings is 2. The monoisotopic (exact) mass is 796 g/mol. The van der Waals surface area contributed by atoms with Crippen LogP contribution in [0.3, 0.4) is 0 Å². The summed E-state index contributed by atoms with van der Waals surface area (Å²) >= 11 is 0. The molecule has 0 spiro atoms. The molecule has 4 heterocycles. The van der Waals surface area contributed by atoms with E-state index in [0.717, 1.165) is 109 Å². The molecule has 15 heteroatoms. The Morgan fingerprint density at radius 2 is 1.14 bits per heavy atom. The second-order valence-corrected chi connectivity index (χ2v) is 15.6. The van der Waals surface area contributed by atoms with Gasteiger partial charge in [0.05, 0.1) is 27.4 Å². The van der Waals surface area contributed by atoms with Gasteiger partial charge in [-0.05, 0) is 76.8 Å². The Morgan fingerprint density at radius 3 is 1.52 bits per heavy atom. The Bertz CT molecular complexity index is 1950. The number of hydrogen-bond acceptors (Lipinski definition) is 15. The van der Waals surface area contributed by atoms with Crippen molar-refractivity contribution >= 4 is 41.2 Å². The number of nitrogens with one attached hydrogen (secondary N) is 4. The summed E-state index contributed by atoms with van der Waals surface area (Å²) in [6.07, 6.45) is 6.14. The lowest BCUT2D eigenvalue weighted by Crippen LogP contribution is -2.49. The molecule has 0 bridgehead atoms. The Hall–Kier alpha value is -5.41. The summed E-state index contributed by atoms with van der Waals surface area (Å²) in [6.45, 7) is 11.0. The van der Waals surface area contributed by atoms with E-state index in [1.165, 1.54) is 19.4 Å². The second kappa shape index (κ2) is 20.3. The van der Waals surface area contributed by atoms with Gasteiger partial charge in [0.15, 0.2) is 23.0 Å². The first kappa shape index (κ1) is 42.2. The Balaban J connectivity index is 0.000000175. The van der Waals surface area contributed by atoms with Crippen molar-refractivity contribution in [1.29, 1.82) is 0 Å². The first-order chi connectivity index (χ1) is 28.1. The highest BCUT2D eigenvalue weighted by molar-refractivity contribution is 5.62. The standard InChI is InChI=1S/C21H29N5O2.C18H25N5O2.C4H6O/c1-14-8-20(22-2)25-21(23-14)24-17-6-7-18(27-3)19(9-17)28-13-16-11-26(12-16)10-15-4-5-15;1-12-7-17(19-2)22-18(20-12)21-14-5-6-15(24-4)16(8-14)25-11-13-9-23(3)10-13;5-3-4-1-2-4/h6-9,15-16H,4-5,10-13H2,1-3H3,(H2,22,23,24,25);5-8,13H,9-11H2,1-4H3,(H2,19,20,21,22);3-4H,1-2H2. The summed E-state index contributed by atoms with van der Waals surface area (Å²) < 4.78 is 23.0. The van der Waals surface area contributed by atoms with Crippen LogP contribution in [0, 0.1) is 37.5 Å². The molecule has 2 saturated carbocycles. The molecule has 0 amide bonds. The number of aryl methyl sites for hydroxylation is 2. The molecule has 2 aromatic heterocycles. The van der Waals surface area contributed by atoms with E-state index in [2.05, 4.69) is 58.1 Å². The molecular formula is C43H60N10O5. The van der Waals surface area contributed by atoms with Gasteiger partial charge in [0.25, 0.3) is 0 Å². The summed E-state index contributed by atoms with van der Waals surface area (Å²) in [5.74, 6) is 8.15. The largest absolute Gasteiger partial charge is 0.493 e. The molecule has 4 aromatic rings. The second-order valence-electron chi connectivity index (χ2n) is 15.6. The third-order valence-electron chi connectivity index (χ3n) is 10.2. The maximum Gasteiger partial charge on any atom is 0.229 e. The number of aldehydes is 1. The van der Waals surface area contributed by atoms with E-state index in [1.54, 1.807) is 14.2 Å². The third-order valence-corrected chi connectivity index (χ3v) is 10.2. The van der Waals surface area contributed by atoms with Gasteiger partial charge in [-0.2, -0.15) is 9.97 Å². The highest BCUT2D eigenvalue weighted by Gasteiger charge is 2.32. The van der Waals surface area contributed by atoms with Crippen LogP contribution in [0.15, 0.2) is 48.5 Å². The number of nitrogens with zero attached hydrogens (tertiary/aromatic N) is 6. The van der Waals surface area contributed by atoms with Gasteiger partial charge in [0.1, 0.15) is 17.9 Å². The zero-order valence-electron chi connectivity index (χ0n) is 35.0. The minimum atomic E-state index is 0.454. The van der Waals surface area contributed by atoms with Gasteiger partial charge >= 0.3 is 0 Å². The van der Waals surface area contributed by atoms with Gasteiger partial charge in [0, 0.05) is 112 Å². The van der Waals surface area contributed by atoms with E-state index in [-0.39, 0.29) is 0 Å². The number of carbonyl (C=O) groups is 1. The van der Waals surface area contributed by atoms with Gasteiger partial charge in [-0.25, -0.2) is 9.97 Å². The fraction of sp³-hybridized carbons (Fsp3) is 0.512.